The van der Waals surface area contributed by atoms with Crippen LogP contribution >= 0.6 is 0 Å². The molecule has 2 heteroatoms. The predicted octanol–water partition coefficient (Wildman–Crippen LogP) is 1.65. The molecular weight excluding hydrogens is 138 g/mol. The molecule has 0 bridgehead atoms. The van der Waals surface area contributed by atoms with Crippen LogP contribution in [0.3, 0.4) is 0 Å². The fraction of sp³-hybridized carbons (Fsp3) is 0.889. The quantitative estimate of drug-likeness (QED) is 0.564. The first-order valence-corrected chi connectivity index (χ1v) is 4.36. The number of carbonyl (C=O) groups excluding carboxylic acids is 1. The van der Waals surface area contributed by atoms with Crippen molar-refractivity contribution in [1.82, 2.24) is 4.90 Å². The van der Waals surface area contributed by atoms with Crippen LogP contribution in [0, 0.1) is 5.92 Å². The van der Waals surface area contributed by atoms with Gasteiger partial charge in [-0.1, -0.05) is 6.92 Å². The summed E-state index contributed by atoms with van der Waals surface area (Å²) >= 11 is 0. The molecule has 2 atom stereocenters. The number of rotatable bonds is 1. The normalized spacial score (nSPS) is 32.1. The molecule has 1 aliphatic heterocycles. The number of hydrogen-bond donors (Lipinski definition) is 0. The van der Waals surface area contributed by atoms with Gasteiger partial charge < -0.3 is 4.90 Å². The molecule has 1 amide bonds. The third kappa shape index (κ3) is 1.39. The number of nitrogens with zero attached hydrogens (tertiary/aromatic N) is 1. The van der Waals surface area contributed by atoms with Gasteiger partial charge in [-0.25, -0.2) is 0 Å². The molecule has 1 rings (SSSR count). The Kier molecular flexibility index (Phi) is 2.21. The summed E-state index contributed by atoms with van der Waals surface area (Å²) in [5.74, 6) is 0.569. The minimum Gasteiger partial charge on any atom is -0.337 e. The van der Waals surface area contributed by atoms with Gasteiger partial charge in [0.05, 0.1) is 0 Å². The van der Waals surface area contributed by atoms with Crippen molar-refractivity contribution in [2.75, 3.05) is 0 Å². The summed E-state index contributed by atoms with van der Waals surface area (Å²) in [7, 11) is 0. The predicted molar refractivity (Wildman–Crippen MR) is 45.2 cm³/mol. The van der Waals surface area contributed by atoms with Gasteiger partial charge >= 0.3 is 0 Å². The highest BCUT2D eigenvalue weighted by molar-refractivity contribution is 5.81. The Morgan fingerprint density at radius 2 is 2.00 bits per heavy atom. The third-order valence-corrected chi connectivity index (χ3v) is 2.40. The lowest BCUT2D eigenvalue weighted by Crippen LogP contribution is -2.37. The molecule has 0 unspecified atom stereocenters. The molecular formula is C9H17NO. The lowest BCUT2D eigenvalue weighted by Gasteiger charge is -2.25. The first-order valence-electron chi connectivity index (χ1n) is 4.36. The topological polar surface area (TPSA) is 20.3 Å². The van der Waals surface area contributed by atoms with Crippen molar-refractivity contribution in [1.29, 1.82) is 0 Å². The van der Waals surface area contributed by atoms with Crippen LogP contribution < -0.4 is 0 Å². The summed E-state index contributed by atoms with van der Waals surface area (Å²) in [6, 6.07) is 0.806. The van der Waals surface area contributed by atoms with E-state index >= 15 is 0 Å². The summed E-state index contributed by atoms with van der Waals surface area (Å²) in [5, 5.41) is 0. The molecule has 1 fully saturated rings. The van der Waals surface area contributed by atoms with Crippen molar-refractivity contribution in [3.8, 4) is 0 Å². The maximum absolute atomic E-state index is 11.5. The highest BCUT2D eigenvalue weighted by atomic mass is 16.2. The summed E-state index contributed by atoms with van der Waals surface area (Å²) in [6.07, 6.45) is 1.02. The van der Waals surface area contributed by atoms with Gasteiger partial charge in [-0.05, 0) is 27.2 Å². The monoisotopic (exact) mass is 155 g/mol. The minimum atomic E-state index is 0.243. The Bertz CT molecular complexity index is 165. The van der Waals surface area contributed by atoms with E-state index in [4.69, 9.17) is 0 Å². The van der Waals surface area contributed by atoms with Crippen LogP contribution in [-0.2, 0) is 4.79 Å². The van der Waals surface area contributed by atoms with E-state index in [0.29, 0.717) is 18.0 Å². The number of carbonyl (C=O) groups is 1. The van der Waals surface area contributed by atoms with Crippen molar-refractivity contribution in [2.24, 2.45) is 5.92 Å². The van der Waals surface area contributed by atoms with Gasteiger partial charge in [0, 0.05) is 18.0 Å². The fourth-order valence-corrected chi connectivity index (χ4v) is 1.96. The molecule has 64 valence electrons. The maximum atomic E-state index is 11.5. The second-order valence-corrected chi connectivity index (χ2v) is 3.83. The standard InChI is InChI=1S/C9H17NO/c1-6(2)10-8(4)5-7(3)9(10)11/h6-8H,5H2,1-4H3/t7-,8-/m1/s1. The minimum absolute atomic E-state index is 0.243. The van der Waals surface area contributed by atoms with Crippen molar-refractivity contribution < 1.29 is 4.79 Å². The fourth-order valence-electron chi connectivity index (χ4n) is 1.96. The number of amides is 1. The summed E-state index contributed by atoms with van der Waals surface area (Å²) in [4.78, 5) is 13.5. The van der Waals surface area contributed by atoms with E-state index in [0.717, 1.165) is 6.42 Å². The van der Waals surface area contributed by atoms with Crippen molar-refractivity contribution in [3.05, 3.63) is 0 Å². The van der Waals surface area contributed by atoms with Gasteiger partial charge in [-0.3, -0.25) is 4.79 Å². The van der Waals surface area contributed by atoms with Crippen LogP contribution in [0.15, 0.2) is 0 Å². The first kappa shape index (κ1) is 8.57. The molecule has 0 aromatic heterocycles. The summed E-state index contributed by atoms with van der Waals surface area (Å²) in [6.45, 7) is 8.29. The zero-order chi connectivity index (χ0) is 8.59. The van der Waals surface area contributed by atoms with Crippen LogP contribution in [0.2, 0.25) is 0 Å². The zero-order valence-corrected chi connectivity index (χ0v) is 7.79. The second-order valence-electron chi connectivity index (χ2n) is 3.83. The average molecular weight is 155 g/mol. The molecule has 0 aliphatic carbocycles. The largest absolute Gasteiger partial charge is 0.337 e. The Morgan fingerprint density at radius 3 is 2.18 bits per heavy atom. The van der Waals surface area contributed by atoms with Crippen molar-refractivity contribution in [3.63, 3.8) is 0 Å². The number of likely N-dealkylation sites (tertiary alicyclic amines) is 1. The average Bonchev–Trinajstić information content (AvgIpc) is 2.07. The zero-order valence-electron chi connectivity index (χ0n) is 7.79. The van der Waals surface area contributed by atoms with Crippen molar-refractivity contribution in [2.45, 2.75) is 46.2 Å². The highest BCUT2D eigenvalue weighted by Crippen LogP contribution is 2.25. The van der Waals surface area contributed by atoms with E-state index in [9.17, 15) is 4.79 Å². The molecule has 0 aromatic carbocycles. The van der Waals surface area contributed by atoms with E-state index in [-0.39, 0.29) is 5.92 Å². The van der Waals surface area contributed by atoms with Crippen molar-refractivity contribution >= 4 is 5.91 Å². The van der Waals surface area contributed by atoms with Crippen LogP contribution in [0.4, 0.5) is 0 Å². The molecule has 1 heterocycles. The van der Waals surface area contributed by atoms with E-state index in [1.165, 1.54) is 0 Å². The molecule has 2 nitrogen and oxygen atoms in total. The molecule has 0 spiro atoms. The van der Waals surface area contributed by atoms with E-state index in [1.54, 1.807) is 0 Å². The van der Waals surface area contributed by atoms with Crippen LogP contribution in [0.1, 0.15) is 34.1 Å². The SMILES string of the molecule is CC(C)N1C(=O)[C@H](C)C[C@H]1C. The Labute approximate surface area is 68.6 Å². The summed E-state index contributed by atoms with van der Waals surface area (Å²) in [5.41, 5.74) is 0. The van der Waals surface area contributed by atoms with E-state index < -0.39 is 0 Å². The van der Waals surface area contributed by atoms with E-state index in [2.05, 4.69) is 20.8 Å². The second kappa shape index (κ2) is 2.84. The van der Waals surface area contributed by atoms with Crippen LogP contribution in [0.5, 0.6) is 0 Å². The molecule has 0 radical (unpaired) electrons. The lowest BCUT2D eigenvalue weighted by molar-refractivity contribution is -0.132. The van der Waals surface area contributed by atoms with E-state index in [1.807, 2.05) is 11.8 Å². The summed E-state index contributed by atoms with van der Waals surface area (Å²) < 4.78 is 0. The first-order chi connectivity index (χ1) is 5.04. The highest BCUT2D eigenvalue weighted by Gasteiger charge is 2.35. The Balaban J connectivity index is 2.72. The molecule has 0 aromatic rings. The van der Waals surface area contributed by atoms with Gasteiger partial charge in [0.1, 0.15) is 0 Å². The van der Waals surface area contributed by atoms with Crippen LogP contribution in [-0.4, -0.2) is 22.9 Å². The van der Waals surface area contributed by atoms with Gasteiger partial charge in [-0.15, -0.1) is 0 Å². The van der Waals surface area contributed by atoms with Gasteiger partial charge in [-0.2, -0.15) is 0 Å². The molecule has 11 heavy (non-hydrogen) atoms. The molecule has 1 aliphatic rings. The Morgan fingerprint density at radius 1 is 1.45 bits per heavy atom. The van der Waals surface area contributed by atoms with Gasteiger partial charge in [0.25, 0.3) is 0 Å². The van der Waals surface area contributed by atoms with Gasteiger partial charge in [0.2, 0.25) is 5.91 Å². The molecule has 1 saturated heterocycles. The van der Waals surface area contributed by atoms with Gasteiger partial charge in [0.15, 0.2) is 0 Å². The third-order valence-electron chi connectivity index (χ3n) is 2.40. The maximum Gasteiger partial charge on any atom is 0.225 e. The lowest BCUT2D eigenvalue weighted by atomic mass is 10.1. The molecule has 0 saturated carbocycles. The molecule has 0 N–H and O–H groups in total. The smallest absolute Gasteiger partial charge is 0.225 e. The number of hydrogen-bond acceptors (Lipinski definition) is 1. The Hall–Kier alpha value is -0.530. The van der Waals surface area contributed by atoms with Crippen LogP contribution in [0.25, 0.3) is 0 Å².